The van der Waals surface area contributed by atoms with Gasteiger partial charge in [0.2, 0.25) is 5.91 Å². The molecule has 0 heterocycles. The van der Waals surface area contributed by atoms with Crippen LogP contribution in [0.15, 0.2) is 24.3 Å². The Labute approximate surface area is 126 Å². The van der Waals surface area contributed by atoms with Crippen LogP contribution in [0.3, 0.4) is 0 Å². The molecule has 0 radical (unpaired) electrons. The first kappa shape index (κ1) is 15.8. The van der Waals surface area contributed by atoms with Crippen LogP contribution in [0.5, 0.6) is 5.75 Å². The number of hydrogen-bond donors (Lipinski definition) is 1. The monoisotopic (exact) mass is 291 g/mol. The predicted octanol–water partition coefficient (Wildman–Crippen LogP) is 2.45. The van der Waals surface area contributed by atoms with E-state index in [1.165, 1.54) is 0 Å². The minimum absolute atomic E-state index is 0.101. The molecule has 1 aliphatic carbocycles. The van der Waals surface area contributed by atoms with Crippen molar-refractivity contribution in [2.75, 3.05) is 20.3 Å². The summed E-state index contributed by atoms with van der Waals surface area (Å²) in [7, 11) is 1.64. The number of aliphatic hydroxyl groups excluding tert-OH is 1. The molecule has 116 valence electrons. The van der Waals surface area contributed by atoms with Gasteiger partial charge in [-0.1, -0.05) is 32.0 Å². The van der Waals surface area contributed by atoms with E-state index >= 15 is 0 Å². The molecule has 2 rings (SSSR count). The lowest BCUT2D eigenvalue weighted by molar-refractivity contribution is -0.134. The Balaban J connectivity index is 2.11. The first-order chi connectivity index (χ1) is 9.99. The van der Waals surface area contributed by atoms with Crippen molar-refractivity contribution < 1.29 is 14.6 Å². The first-order valence-corrected chi connectivity index (χ1v) is 7.51. The summed E-state index contributed by atoms with van der Waals surface area (Å²) in [6.07, 6.45) is 1.56. The third-order valence-electron chi connectivity index (χ3n) is 4.26. The van der Waals surface area contributed by atoms with Gasteiger partial charge in [-0.05, 0) is 24.3 Å². The lowest BCUT2D eigenvalue weighted by atomic mass is 10.1. The molecule has 1 N–H and O–H groups in total. The fraction of sp³-hybridized carbons (Fsp3) is 0.588. The molecule has 0 spiro atoms. The quantitative estimate of drug-likeness (QED) is 0.839. The highest BCUT2D eigenvalue weighted by atomic mass is 16.5. The number of aliphatic hydroxyl groups is 1. The largest absolute Gasteiger partial charge is 0.496 e. The Morgan fingerprint density at radius 2 is 2.10 bits per heavy atom. The van der Waals surface area contributed by atoms with Crippen molar-refractivity contribution in [2.24, 2.45) is 11.3 Å². The second kappa shape index (κ2) is 6.48. The number of carbonyl (C=O) groups excluding carboxylic acids is 1. The highest BCUT2D eigenvalue weighted by molar-refractivity contribution is 5.82. The van der Waals surface area contributed by atoms with E-state index in [0.717, 1.165) is 17.7 Å². The Kier molecular flexibility index (Phi) is 4.88. The summed E-state index contributed by atoms with van der Waals surface area (Å²) in [5, 5.41) is 9.06. The minimum atomic E-state index is 0.101. The summed E-state index contributed by atoms with van der Waals surface area (Å²) < 4.78 is 5.36. The highest BCUT2D eigenvalue weighted by Crippen LogP contribution is 2.52. The topological polar surface area (TPSA) is 49.8 Å². The number of hydrogen-bond acceptors (Lipinski definition) is 3. The number of methoxy groups -OCH3 is 1. The molecule has 1 aromatic carbocycles. The zero-order valence-corrected chi connectivity index (χ0v) is 13.1. The Morgan fingerprint density at radius 1 is 1.43 bits per heavy atom. The number of ether oxygens (including phenoxy) is 1. The van der Waals surface area contributed by atoms with Gasteiger partial charge in [-0.3, -0.25) is 4.79 Å². The molecule has 1 aromatic rings. The van der Waals surface area contributed by atoms with Gasteiger partial charge in [-0.15, -0.1) is 0 Å². The molecule has 1 saturated carbocycles. The second-order valence-corrected chi connectivity index (χ2v) is 6.39. The third kappa shape index (κ3) is 3.76. The van der Waals surface area contributed by atoms with Gasteiger partial charge >= 0.3 is 0 Å². The molecule has 1 fully saturated rings. The smallest absolute Gasteiger partial charge is 0.226 e. The van der Waals surface area contributed by atoms with Crippen molar-refractivity contribution in [3.8, 4) is 5.75 Å². The molecule has 4 nitrogen and oxygen atoms in total. The standard InChI is InChI=1S/C17H25NO3/c1-17(2)11-14(17)16(20)18(9-6-10-19)12-13-7-4-5-8-15(13)21-3/h4-5,7-8,14,19H,6,9-12H2,1-3H3. The van der Waals surface area contributed by atoms with Gasteiger partial charge in [-0.25, -0.2) is 0 Å². The average Bonchev–Trinajstić information content (AvgIpc) is 3.12. The van der Waals surface area contributed by atoms with Crippen LogP contribution in [0.4, 0.5) is 0 Å². The second-order valence-electron chi connectivity index (χ2n) is 6.39. The van der Waals surface area contributed by atoms with Crippen LogP contribution < -0.4 is 4.74 Å². The van der Waals surface area contributed by atoms with Crippen LogP contribution in [0, 0.1) is 11.3 Å². The molecule has 0 aromatic heterocycles. The van der Waals surface area contributed by atoms with Gasteiger partial charge in [-0.2, -0.15) is 0 Å². The average molecular weight is 291 g/mol. The summed E-state index contributed by atoms with van der Waals surface area (Å²) in [5.41, 5.74) is 1.12. The van der Waals surface area contributed by atoms with Gasteiger partial charge in [0, 0.05) is 31.2 Å². The van der Waals surface area contributed by atoms with Crippen molar-refractivity contribution in [1.29, 1.82) is 0 Å². The van der Waals surface area contributed by atoms with E-state index in [0.29, 0.717) is 19.5 Å². The van der Waals surface area contributed by atoms with Crippen molar-refractivity contribution in [3.63, 3.8) is 0 Å². The van der Waals surface area contributed by atoms with Gasteiger partial charge in [0.15, 0.2) is 0 Å². The Morgan fingerprint density at radius 3 is 2.67 bits per heavy atom. The van der Waals surface area contributed by atoms with E-state index < -0.39 is 0 Å². The number of benzene rings is 1. The normalized spacial score (nSPS) is 19.1. The van der Waals surface area contributed by atoms with Crippen molar-refractivity contribution in [2.45, 2.75) is 33.2 Å². The predicted molar refractivity (Wildman–Crippen MR) is 82.0 cm³/mol. The summed E-state index contributed by atoms with van der Waals surface area (Å²) in [6, 6.07) is 7.76. The fourth-order valence-corrected chi connectivity index (χ4v) is 2.68. The van der Waals surface area contributed by atoms with Gasteiger partial charge in [0.25, 0.3) is 0 Å². The van der Waals surface area contributed by atoms with E-state index in [4.69, 9.17) is 9.84 Å². The molecule has 1 atom stereocenters. The number of para-hydroxylation sites is 1. The zero-order valence-electron chi connectivity index (χ0n) is 13.1. The minimum Gasteiger partial charge on any atom is -0.496 e. The number of nitrogens with zero attached hydrogens (tertiary/aromatic N) is 1. The van der Waals surface area contributed by atoms with E-state index in [1.807, 2.05) is 29.2 Å². The third-order valence-corrected chi connectivity index (χ3v) is 4.26. The van der Waals surface area contributed by atoms with E-state index in [9.17, 15) is 4.79 Å². The molecule has 1 unspecified atom stereocenters. The molecule has 4 heteroatoms. The van der Waals surface area contributed by atoms with Crippen molar-refractivity contribution in [3.05, 3.63) is 29.8 Å². The molecule has 0 bridgehead atoms. The lowest BCUT2D eigenvalue weighted by Crippen LogP contribution is -2.34. The SMILES string of the molecule is COc1ccccc1CN(CCCO)C(=O)C1CC1(C)C. The molecule has 0 aliphatic heterocycles. The maximum absolute atomic E-state index is 12.6. The molecule has 1 aliphatic rings. The van der Waals surface area contributed by atoms with Crippen LogP contribution in [0.1, 0.15) is 32.3 Å². The number of amides is 1. The van der Waals surface area contributed by atoms with Gasteiger partial charge < -0.3 is 14.7 Å². The van der Waals surface area contributed by atoms with E-state index in [2.05, 4.69) is 13.8 Å². The maximum Gasteiger partial charge on any atom is 0.226 e. The van der Waals surface area contributed by atoms with Crippen molar-refractivity contribution >= 4 is 5.91 Å². The van der Waals surface area contributed by atoms with Gasteiger partial charge in [0.1, 0.15) is 5.75 Å². The van der Waals surface area contributed by atoms with Crippen LogP contribution in [-0.2, 0) is 11.3 Å². The Hall–Kier alpha value is -1.55. The van der Waals surface area contributed by atoms with Crippen LogP contribution >= 0.6 is 0 Å². The molecular weight excluding hydrogens is 266 g/mol. The van der Waals surface area contributed by atoms with E-state index in [-0.39, 0.29) is 23.8 Å². The lowest BCUT2D eigenvalue weighted by Gasteiger charge is -2.24. The first-order valence-electron chi connectivity index (χ1n) is 7.51. The summed E-state index contributed by atoms with van der Waals surface area (Å²) in [4.78, 5) is 14.5. The summed E-state index contributed by atoms with van der Waals surface area (Å²) in [6.45, 7) is 5.48. The zero-order chi connectivity index (χ0) is 15.5. The Bertz CT molecular complexity index is 499. The fourth-order valence-electron chi connectivity index (χ4n) is 2.68. The van der Waals surface area contributed by atoms with Gasteiger partial charge in [0.05, 0.1) is 7.11 Å². The summed E-state index contributed by atoms with van der Waals surface area (Å²) in [5.74, 6) is 1.11. The molecule has 0 saturated heterocycles. The highest BCUT2D eigenvalue weighted by Gasteiger charge is 2.51. The molecule has 1 amide bonds. The van der Waals surface area contributed by atoms with Crippen LogP contribution in [0.25, 0.3) is 0 Å². The van der Waals surface area contributed by atoms with Crippen molar-refractivity contribution in [1.82, 2.24) is 4.90 Å². The number of rotatable bonds is 7. The number of carbonyl (C=O) groups is 1. The van der Waals surface area contributed by atoms with Crippen LogP contribution in [0.2, 0.25) is 0 Å². The van der Waals surface area contributed by atoms with Crippen LogP contribution in [-0.4, -0.2) is 36.2 Å². The molecular formula is C17H25NO3. The summed E-state index contributed by atoms with van der Waals surface area (Å²) >= 11 is 0. The van der Waals surface area contributed by atoms with E-state index in [1.54, 1.807) is 7.11 Å². The molecule has 21 heavy (non-hydrogen) atoms. The maximum atomic E-state index is 12.6.